The van der Waals surface area contributed by atoms with Crippen LogP contribution in [0.15, 0.2) is 46.2 Å². The Morgan fingerprint density at radius 1 is 1.23 bits per heavy atom. The molecular weight excluding hydrogens is 418 g/mol. The van der Waals surface area contributed by atoms with E-state index in [0.29, 0.717) is 22.8 Å². The highest BCUT2D eigenvalue weighted by atomic mass is 32.2. The van der Waals surface area contributed by atoms with Gasteiger partial charge in [0.2, 0.25) is 5.91 Å². The van der Waals surface area contributed by atoms with Gasteiger partial charge in [0.1, 0.15) is 29.6 Å². The predicted octanol–water partition coefficient (Wildman–Crippen LogP) is 3.03. The Kier molecular flexibility index (Phi) is 7.17. The summed E-state index contributed by atoms with van der Waals surface area (Å²) in [7, 11) is 0. The van der Waals surface area contributed by atoms with Crippen molar-refractivity contribution in [2.45, 2.75) is 25.0 Å². The minimum Gasteiger partial charge on any atom is -0.467 e. The number of anilines is 1. The molecule has 0 spiro atoms. The quantitative estimate of drug-likeness (QED) is 0.407. The van der Waals surface area contributed by atoms with Crippen molar-refractivity contribution in [2.75, 3.05) is 17.7 Å². The lowest BCUT2D eigenvalue weighted by Gasteiger charge is -2.09. The van der Waals surface area contributed by atoms with Gasteiger partial charge in [-0.2, -0.15) is 0 Å². The van der Waals surface area contributed by atoms with Crippen LogP contribution in [0.5, 0.6) is 0 Å². The molecule has 2 aromatic heterocycles. The van der Waals surface area contributed by atoms with Crippen LogP contribution in [0.2, 0.25) is 0 Å². The van der Waals surface area contributed by atoms with E-state index in [-0.39, 0.29) is 31.0 Å². The van der Waals surface area contributed by atoms with Gasteiger partial charge in [0.25, 0.3) is 0 Å². The lowest BCUT2D eigenvalue weighted by atomic mass is 10.3. The van der Waals surface area contributed by atoms with Crippen molar-refractivity contribution < 1.29 is 27.5 Å². The van der Waals surface area contributed by atoms with Gasteiger partial charge in [0.15, 0.2) is 5.16 Å². The number of benzene rings is 1. The molecule has 1 N–H and O–H groups in total. The number of amides is 1. The van der Waals surface area contributed by atoms with Gasteiger partial charge in [-0.25, -0.2) is 8.78 Å². The Bertz CT molecular complexity index is 1000. The molecule has 0 fully saturated rings. The maximum Gasteiger partial charge on any atom is 0.313 e. The van der Waals surface area contributed by atoms with Gasteiger partial charge in [-0.15, -0.1) is 10.2 Å². The summed E-state index contributed by atoms with van der Waals surface area (Å²) in [6.45, 7) is 2.21. The molecule has 1 aromatic carbocycles. The van der Waals surface area contributed by atoms with Crippen LogP contribution < -0.4 is 5.32 Å². The van der Waals surface area contributed by atoms with E-state index in [1.54, 1.807) is 23.6 Å². The smallest absolute Gasteiger partial charge is 0.313 e. The molecule has 0 aliphatic rings. The highest BCUT2D eigenvalue weighted by Gasteiger charge is 2.18. The zero-order valence-corrected chi connectivity index (χ0v) is 16.7. The molecule has 0 aliphatic heterocycles. The number of nitrogens with one attached hydrogen (secondary N) is 1. The average molecular weight is 436 g/mol. The first-order valence-corrected chi connectivity index (χ1v) is 9.92. The monoisotopic (exact) mass is 436 g/mol. The van der Waals surface area contributed by atoms with Gasteiger partial charge in [-0.1, -0.05) is 11.8 Å². The Labute approximate surface area is 174 Å². The fraction of sp³-hybridized carbons (Fsp3) is 0.263. The van der Waals surface area contributed by atoms with Crippen molar-refractivity contribution in [1.82, 2.24) is 14.8 Å². The molecular formula is C19H18F2N4O4S. The molecule has 0 saturated heterocycles. The SMILES string of the molecule is CCOC(=O)Cc1nnc(SCC(=O)Nc2cc(F)cc(F)c2)n1Cc1ccco1. The van der Waals surface area contributed by atoms with E-state index < -0.39 is 23.5 Å². The van der Waals surface area contributed by atoms with Crippen LogP contribution >= 0.6 is 11.8 Å². The molecule has 0 aliphatic carbocycles. The van der Waals surface area contributed by atoms with Gasteiger partial charge in [-0.3, -0.25) is 14.2 Å². The van der Waals surface area contributed by atoms with Crippen molar-refractivity contribution in [1.29, 1.82) is 0 Å². The zero-order chi connectivity index (χ0) is 21.5. The predicted molar refractivity (Wildman–Crippen MR) is 104 cm³/mol. The molecule has 0 bridgehead atoms. The van der Waals surface area contributed by atoms with Crippen LogP contribution in [0.25, 0.3) is 0 Å². The van der Waals surface area contributed by atoms with E-state index in [1.807, 2.05) is 0 Å². The average Bonchev–Trinajstić information content (AvgIpc) is 3.31. The van der Waals surface area contributed by atoms with Crippen LogP contribution in [0, 0.1) is 11.6 Å². The van der Waals surface area contributed by atoms with Crippen molar-refractivity contribution in [3.8, 4) is 0 Å². The number of nitrogens with zero attached hydrogens (tertiary/aromatic N) is 3. The third kappa shape index (κ3) is 5.89. The van der Waals surface area contributed by atoms with Gasteiger partial charge in [0, 0.05) is 11.8 Å². The second-order valence-corrected chi connectivity index (χ2v) is 6.98. The molecule has 0 atom stereocenters. The minimum atomic E-state index is -0.792. The van der Waals surface area contributed by atoms with Crippen molar-refractivity contribution in [3.05, 3.63) is 59.8 Å². The molecule has 2 heterocycles. The van der Waals surface area contributed by atoms with E-state index in [1.165, 1.54) is 6.26 Å². The van der Waals surface area contributed by atoms with Crippen LogP contribution in [0.1, 0.15) is 18.5 Å². The summed E-state index contributed by atoms with van der Waals surface area (Å²) < 4.78 is 38.5. The number of hydrogen-bond acceptors (Lipinski definition) is 7. The summed E-state index contributed by atoms with van der Waals surface area (Å²) in [5.41, 5.74) is 0.0122. The summed E-state index contributed by atoms with van der Waals surface area (Å²) in [5, 5.41) is 10.9. The highest BCUT2D eigenvalue weighted by molar-refractivity contribution is 7.99. The summed E-state index contributed by atoms with van der Waals surface area (Å²) in [6.07, 6.45) is 1.43. The number of carbonyl (C=O) groups is 2. The van der Waals surface area contributed by atoms with Crippen LogP contribution in [0.4, 0.5) is 14.5 Å². The minimum absolute atomic E-state index is 0.0122. The van der Waals surface area contributed by atoms with E-state index in [2.05, 4.69) is 15.5 Å². The van der Waals surface area contributed by atoms with Crippen LogP contribution in [0.3, 0.4) is 0 Å². The number of rotatable bonds is 9. The van der Waals surface area contributed by atoms with Crippen molar-refractivity contribution in [3.63, 3.8) is 0 Å². The molecule has 1 amide bonds. The summed E-state index contributed by atoms with van der Waals surface area (Å²) in [5.74, 6) is -1.63. The molecule has 0 radical (unpaired) electrons. The first-order valence-electron chi connectivity index (χ1n) is 8.93. The van der Waals surface area contributed by atoms with Crippen molar-refractivity contribution >= 4 is 29.3 Å². The lowest BCUT2D eigenvalue weighted by molar-refractivity contribution is -0.142. The summed E-state index contributed by atoms with van der Waals surface area (Å²) in [6, 6.07) is 6.23. The molecule has 3 aromatic rings. The standard InChI is InChI=1S/C19H18F2N4O4S/c1-2-28-18(27)9-16-23-24-19(25(16)10-15-4-3-5-29-15)30-11-17(26)22-14-7-12(20)6-13(21)8-14/h3-8H,2,9-11H2,1H3,(H,22,26). The maximum absolute atomic E-state index is 13.3. The van der Waals surface area contributed by atoms with Crippen LogP contribution in [-0.4, -0.2) is 39.0 Å². The number of aromatic nitrogens is 3. The lowest BCUT2D eigenvalue weighted by Crippen LogP contribution is -2.16. The van der Waals surface area contributed by atoms with E-state index >= 15 is 0 Å². The fourth-order valence-electron chi connectivity index (χ4n) is 2.57. The Balaban J connectivity index is 1.70. The Morgan fingerprint density at radius 3 is 2.67 bits per heavy atom. The van der Waals surface area contributed by atoms with Gasteiger partial charge in [-0.05, 0) is 31.2 Å². The molecule has 0 unspecified atom stereocenters. The number of esters is 1. The number of carbonyl (C=O) groups excluding carboxylic acids is 2. The van der Waals surface area contributed by atoms with E-state index in [9.17, 15) is 18.4 Å². The second kappa shape index (κ2) is 10.0. The number of furan rings is 1. The topological polar surface area (TPSA) is 99.3 Å². The number of halogens is 2. The molecule has 158 valence electrons. The van der Waals surface area contributed by atoms with Gasteiger partial charge in [0.05, 0.1) is 25.2 Å². The molecule has 11 heteroatoms. The highest BCUT2D eigenvalue weighted by Crippen LogP contribution is 2.20. The Hall–Kier alpha value is -3.21. The third-order valence-corrected chi connectivity index (χ3v) is 4.74. The first-order chi connectivity index (χ1) is 14.4. The summed E-state index contributed by atoms with van der Waals surface area (Å²) >= 11 is 1.06. The number of hydrogen-bond donors (Lipinski definition) is 1. The molecule has 30 heavy (non-hydrogen) atoms. The fourth-order valence-corrected chi connectivity index (χ4v) is 3.32. The maximum atomic E-state index is 13.3. The van der Waals surface area contributed by atoms with Gasteiger partial charge >= 0.3 is 5.97 Å². The van der Waals surface area contributed by atoms with Crippen LogP contribution in [-0.2, 0) is 27.3 Å². The Morgan fingerprint density at radius 2 is 2.00 bits per heavy atom. The van der Waals surface area contributed by atoms with Gasteiger partial charge < -0.3 is 14.5 Å². The largest absolute Gasteiger partial charge is 0.467 e. The summed E-state index contributed by atoms with van der Waals surface area (Å²) in [4.78, 5) is 24.0. The normalized spacial score (nSPS) is 10.8. The molecule has 8 nitrogen and oxygen atoms in total. The zero-order valence-electron chi connectivity index (χ0n) is 15.9. The van der Waals surface area contributed by atoms with Crippen molar-refractivity contribution in [2.24, 2.45) is 0 Å². The molecule has 0 saturated carbocycles. The van der Waals surface area contributed by atoms with E-state index in [4.69, 9.17) is 9.15 Å². The third-order valence-electron chi connectivity index (χ3n) is 3.77. The molecule has 3 rings (SSSR count). The number of thioether (sulfide) groups is 1. The van der Waals surface area contributed by atoms with E-state index in [0.717, 1.165) is 23.9 Å². The second-order valence-electron chi connectivity index (χ2n) is 6.04. The number of ether oxygens (including phenoxy) is 1. The first kappa shape index (κ1) is 21.5.